The topological polar surface area (TPSA) is 56.6 Å². The Morgan fingerprint density at radius 3 is 2.41 bits per heavy atom. The van der Waals surface area contributed by atoms with Gasteiger partial charge in [0.2, 0.25) is 0 Å². The number of aliphatic hydroxyl groups is 2. The van der Waals surface area contributed by atoms with Gasteiger partial charge in [0.25, 0.3) is 0 Å². The summed E-state index contributed by atoms with van der Waals surface area (Å²) in [5.74, 6) is 1.10. The fourth-order valence-corrected chi connectivity index (χ4v) is 3.81. The van der Waals surface area contributed by atoms with E-state index in [0.717, 1.165) is 37.5 Å². The lowest BCUT2D eigenvalue weighted by atomic mass is 9.79. The largest absolute Gasteiger partial charge is 0.390 e. The molecule has 2 N–H and O–H groups in total. The van der Waals surface area contributed by atoms with Crippen molar-refractivity contribution >= 4 is 11.3 Å². The van der Waals surface area contributed by atoms with Gasteiger partial charge in [0.05, 0.1) is 18.8 Å². The first-order chi connectivity index (χ1) is 8.22. The summed E-state index contributed by atoms with van der Waals surface area (Å²) in [4.78, 5) is 6.71. The highest BCUT2D eigenvalue weighted by Gasteiger charge is 2.40. The van der Waals surface area contributed by atoms with E-state index >= 15 is 0 Å². The van der Waals surface area contributed by atoms with Gasteiger partial charge < -0.3 is 10.2 Å². The number of fused-ring (bicyclic) bond motifs is 1. The van der Waals surface area contributed by atoms with Crippen LogP contribution in [0, 0.1) is 11.8 Å². The Balaban J connectivity index is 1.61. The number of thiazole rings is 1. The maximum Gasteiger partial charge on any atom is 0.107 e. The fraction of sp³-hybridized carbons (Fsp3) is 0.750. The van der Waals surface area contributed by atoms with E-state index < -0.39 is 12.2 Å². The predicted octanol–water partition coefficient (Wildman–Crippen LogP) is 0.707. The molecule has 2 aliphatic rings. The van der Waals surface area contributed by atoms with Crippen LogP contribution in [0.1, 0.15) is 17.8 Å². The van der Waals surface area contributed by atoms with Gasteiger partial charge in [-0.15, -0.1) is 11.3 Å². The first-order valence-electron chi connectivity index (χ1n) is 6.19. The summed E-state index contributed by atoms with van der Waals surface area (Å²) in [6.45, 7) is 2.99. The monoisotopic (exact) mass is 254 g/mol. The summed E-state index contributed by atoms with van der Waals surface area (Å²) >= 11 is 1.69. The molecule has 5 heteroatoms. The normalized spacial score (nSPS) is 38.2. The molecule has 94 valence electrons. The predicted molar refractivity (Wildman–Crippen MR) is 65.6 cm³/mol. The quantitative estimate of drug-likeness (QED) is 0.816. The molecule has 3 rings (SSSR count). The van der Waals surface area contributed by atoms with Gasteiger partial charge in [0, 0.05) is 24.7 Å². The van der Waals surface area contributed by atoms with Crippen LogP contribution in [0.4, 0.5) is 0 Å². The highest BCUT2D eigenvalue weighted by atomic mass is 32.1. The van der Waals surface area contributed by atoms with Crippen LogP contribution in [0.15, 0.2) is 11.6 Å². The molecule has 4 nitrogen and oxygen atoms in total. The summed E-state index contributed by atoms with van der Waals surface area (Å²) in [5, 5.41) is 22.5. The molecule has 1 aliphatic carbocycles. The number of aromatic nitrogens is 1. The summed E-state index contributed by atoms with van der Waals surface area (Å²) in [7, 11) is 0. The van der Waals surface area contributed by atoms with Gasteiger partial charge in [-0.25, -0.2) is 4.98 Å². The highest BCUT2D eigenvalue weighted by molar-refractivity contribution is 7.09. The van der Waals surface area contributed by atoms with Crippen molar-refractivity contribution in [1.29, 1.82) is 0 Å². The highest BCUT2D eigenvalue weighted by Crippen LogP contribution is 2.37. The van der Waals surface area contributed by atoms with Crippen LogP contribution in [0.2, 0.25) is 0 Å². The molecule has 0 unspecified atom stereocenters. The number of nitrogens with zero attached hydrogens (tertiary/aromatic N) is 2. The van der Waals surface area contributed by atoms with Gasteiger partial charge in [0.15, 0.2) is 0 Å². The van der Waals surface area contributed by atoms with Crippen LogP contribution in [-0.4, -0.2) is 45.4 Å². The first-order valence-corrected chi connectivity index (χ1v) is 7.07. The van der Waals surface area contributed by atoms with Crippen LogP contribution in [0.5, 0.6) is 0 Å². The van der Waals surface area contributed by atoms with E-state index in [0.29, 0.717) is 11.8 Å². The van der Waals surface area contributed by atoms with Gasteiger partial charge in [-0.1, -0.05) is 0 Å². The van der Waals surface area contributed by atoms with Gasteiger partial charge in [-0.05, 0) is 24.7 Å². The number of rotatable bonds is 2. The maximum atomic E-state index is 9.69. The molecule has 2 fully saturated rings. The zero-order valence-electron chi connectivity index (χ0n) is 9.70. The Morgan fingerprint density at radius 1 is 1.24 bits per heavy atom. The zero-order valence-corrected chi connectivity index (χ0v) is 10.5. The molecule has 0 spiro atoms. The van der Waals surface area contributed by atoms with Crippen molar-refractivity contribution in [1.82, 2.24) is 9.88 Å². The molecule has 1 aromatic heterocycles. The lowest BCUT2D eigenvalue weighted by Crippen LogP contribution is -2.38. The molecule has 17 heavy (non-hydrogen) atoms. The minimum absolute atomic E-state index is 0.518. The van der Waals surface area contributed by atoms with Crippen molar-refractivity contribution in [2.24, 2.45) is 11.8 Å². The van der Waals surface area contributed by atoms with Crippen LogP contribution in [-0.2, 0) is 6.54 Å². The Bertz CT molecular complexity index is 353. The Labute approximate surface area is 105 Å². The summed E-state index contributed by atoms with van der Waals surface area (Å²) in [6, 6.07) is 0. The van der Waals surface area contributed by atoms with Gasteiger partial charge >= 0.3 is 0 Å². The average molecular weight is 254 g/mol. The Hall–Kier alpha value is -0.490. The van der Waals surface area contributed by atoms with Crippen molar-refractivity contribution in [3.63, 3.8) is 0 Å². The van der Waals surface area contributed by atoms with Crippen molar-refractivity contribution in [3.05, 3.63) is 16.6 Å². The fourth-order valence-electron chi connectivity index (χ4n) is 3.16. The molecule has 1 saturated heterocycles. The average Bonchev–Trinajstić information content (AvgIpc) is 2.89. The molecular formula is C12H18N2O2S. The standard InChI is InChI=1S/C12H18N2O2S/c15-10-3-8-5-14(6-9(8)4-11(10)16)7-12-13-1-2-17-12/h1-2,8-11,15-16H,3-7H2/t8-,9+,10-,11-/m1/s1. The third kappa shape index (κ3) is 2.38. The molecule has 2 heterocycles. The second-order valence-corrected chi connectivity index (χ2v) is 6.23. The van der Waals surface area contributed by atoms with E-state index in [1.165, 1.54) is 0 Å². The van der Waals surface area contributed by atoms with Crippen LogP contribution in [0.25, 0.3) is 0 Å². The van der Waals surface area contributed by atoms with E-state index in [9.17, 15) is 10.2 Å². The Morgan fingerprint density at radius 2 is 1.88 bits per heavy atom. The van der Waals surface area contributed by atoms with Crippen LogP contribution < -0.4 is 0 Å². The third-order valence-corrected chi connectivity index (χ3v) is 4.79. The van der Waals surface area contributed by atoms with Gasteiger partial charge in [-0.3, -0.25) is 4.90 Å². The van der Waals surface area contributed by atoms with Gasteiger partial charge in [-0.2, -0.15) is 0 Å². The molecule has 0 amide bonds. The third-order valence-electron chi connectivity index (χ3n) is 4.03. The van der Waals surface area contributed by atoms with Crippen molar-refractivity contribution in [2.75, 3.05) is 13.1 Å². The molecular weight excluding hydrogens is 236 g/mol. The number of hydrogen-bond acceptors (Lipinski definition) is 5. The van der Waals surface area contributed by atoms with Crippen LogP contribution in [0.3, 0.4) is 0 Å². The molecule has 1 aliphatic heterocycles. The second kappa shape index (κ2) is 4.65. The van der Waals surface area contributed by atoms with E-state index in [2.05, 4.69) is 9.88 Å². The summed E-state index contributed by atoms with van der Waals surface area (Å²) in [6.07, 6.45) is 2.31. The lowest BCUT2D eigenvalue weighted by Gasteiger charge is -2.32. The first kappa shape index (κ1) is 11.6. The van der Waals surface area contributed by atoms with Crippen LogP contribution >= 0.6 is 11.3 Å². The second-order valence-electron chi connectivity index (χ2n) is 5.25. The van der Waals surface area contributed by atoms with E-state index in [-0.39, 0.29) is 0 Å². The maximum absolute atomic E-state index is 9.69. The summed E-state index contributed by atoms with van der Waals surface area (Å²) < 4.78 is 0. The van der Waals surface area contributed by atoms with E-state index in [1.807, 2.05) is 11.6 Å². The molecule has 0 aromatic carbocycles. The van der Waals surface area contributed by atoms with Crippen molar-refractivity contribution in [3.8, 4) is 0 Å². The molecule has 0 bridgehead atoms. The number of aliphatic hydroxyl groups excluding tert-OH is 2. The van der Waals surface area contributed by atoms with E-state index in [1.54, 1.807) is 11.3 Å². The number of likely N-dealkylation sites (tertiary alicyclic amines) is 1. The van der Waals surface area contributed by atoms with Crippen molar-refractivity contribution < 1.29 is 10.2 Å². The Kier molecular flexibility index (Phi) is 3.17. The van der Waals surface area contributed by atoms with E-state index in [4.69, 9.17) is 0 Å². The van der Waals surface area contributed by atoms with Crippen molar-refractivity contribution in [2.45, 2.75) is 31.6 Å². The SMILES string of the molecule is O[C@@H]1C[C@@H]2CN(Cc3nccs3)C[C@@H]2C[C@H]1O. The summed E-state index contributed by atoms with van der Waals surface area (Å²) in [5.41, 5.74) is 0. The minimum atomic E-state index is -0.518. The molecule has 1 aromatic rings. The lowest BCUT2D eigenvalue weighted by molar-refractivity contribution is -0.0372. The zero-order chi connectivity index (χ0) is 11.8. The molecule has 0 radical (unpaired) electrons. The van der Waals surface area contributed by atoms with Gasteiger partial charge in [0.1, 0.15) is 5.01 Å². The number of hydrogen-bond donors (Lipinski definition) is 2. The molecule has 1 saturated carbocycles. The smallest absolute Gasteiger partial charge is 0.107 e. The molecule has 4 atom stereocenters. The minimum Gasteiger partial charge on any atom is -0.390 e.